The highest BCUT2D eigenvalue weighted by atomic mass is 35.5. The third-order valence-corrected chi connectivity index (χ3v) is 5.47. The summed E-state index contributed by atoms with van der Waals surface area (Å²) in [5.74, 6) is 0.693. The summed E-state index contributed by atoms with van der Waals surface area (Å²) in [6, 6.07) is 14.8. The molecule has 0 atom stereocenters. The highest BCUT2D eigenvalue weighted by Crippen LogP contribution is 2.25. The maximum absolute atomic E-state index is 13.2. The van der Waals surface area contributed by atoms with Gasteiger partial charge in [0.15, 0.2) is 0 Å². The number of aliphatic hydroxyl groups excluding tert-OH is 1. The summed E-state index contributed by atoms with van der Waals surface area (Å²) < 4.78 is 8.28. The molecule has 0 saturated carbocycles. The fraction of sp³-hybridized carbons (Fsp3) is 0.130. The van der Waals surface area contributed by atoms with E-state index < -0.39 is 0 Å². The first-order valence-electron chi connectivity index (χ1n) is 9.90. The minimum absolute atomic E-state index is 0.0891. The summed E-state index contributed by atoms with van der Waals surface area (Å²) in [4.78, 5) is 17.6. The minimum Gasteiger partial charge on any atom is -0.392 e. The van der Waals surface area contributed by atoms with E-state index in [2.05, 4.69) is 15.2 Å². The van der Waals surface area contributed by atoms with Gasteiger partial charge in [-0.15, -0.1) is 0 Å². The number of fused-ring (bicyclic) bond motifs is 1. The molecule has 1 N–H and O–H groups in total. The van der Waals surface area contributed by atoms with E-state index in [4.69, 9.17) is 16.1 Å². The Morgan fingerprint density at radius 1 is 1.03 bits per heavy atom. The molecule has 0 saturated heterocycles. The van der Waals surface area contributed by atoms with Crippen LogP contribution in [0.1, 0.15) is 17.0 Å². The van der Waals surface area contributed by atoms with Gasteiger partial charge in [-0.3, -0.25) is 4.79 Å². The zero-order valence-electron chi connectivity index (χ0n) is 17.1. The number of aliphatic hydroxyl groups is 1. The molecule has 3 heterocycles. The van der Waals surface area contributed by atoms with Crippen molar-refractivity contribution in [3.8, 4) is 22.6 Å². The second-order valence-electron chi connectivity index (χ2n) is 7.39. The molecule has 5 aromatic rings. The van der Waals surface area contributed by atoms with Crippen molar-refractivity contribution in [3.05, 3.63) is 93.3 Å². The molecule has 3 aromatic heterocycles. The van der Waals surface area contributed by atoms with E-state index >= 15 is 0 Å². The second kappa shape index (κ2) is 8.07. The molecular weight excluding hydrogens is 430 g/mol. The van der Waals surface area contributed by atoms with Crippen LogP contribution in [0.3, 0.4) is 0 Å². The number of halogens is 1. The van der Waals surface area contributed by atoms with E-state index in [0.29, 0.717) is 27.6 Å². The first kappa shape index (κ1) is 20.2. The average Bonchev–Trinajstić information content (AvgIpc) is 3.42. The van der Waals surface area contributed by atoms with Gasteiger partial charge in [-0.25, -0.2) is 4.52 Å². The summed E-state index contributed by atoms with van der Waals surface area (Å²) in [7, 11) is 0. The van der Waals surface area contributed by atoms with Gasteiger partial charge in [0.25, 0.3) is 5.56 Å². The summed E-state index contributed by atoms with van der Waals surface area (Å²) in [5, 5.41) is 19.1. The van der Waals surface area contributed by atoms with Gasteiger partial charge in [0, 0.05) is 34.1 Å². The van der Waals surface area contributed by atoms with Gasteiger partial charge in [0.1, 0.15) is 12.1 Å². The maximum atomic E-state index is 13.2. The predicted octanol–water partition coefficient (Wildman–Crippen LogP) is 3.72. The fourth-order valence-corrected chi connectivity index (χ4v) is 3.68. The highest BCUT2D eigenvalue weighted by molar-refractivity contribution is 6.30. The van der Waals surface area contributed by atoms with E-state index in [1.54, 1.807) is 36.7 Å². The monoisotopic (exact) mass is 447 g/mol. The zero-order chi connectivity index (χ0) is 22.2. The second-order valence-corrected chi connectivity index (χ2v) is 7.83. The SMILES string of the molecule is Cc1ccc(-c2nn3ccn(Cc4nc(-c5ccc(Cl)cc5)no4)c(=O)c3c2CO)cc1. The molecule has 0 aliphatic rings. The Balaban J connectivity index is 1.52. The van der Waals surface area contributed by atoms with Gasteiger partial charge >= 0.3 is 0 Å². The van der Waals surface area contributed by atoms with Crippen LogP contribution < -0.4 is 5.56 Å². The molecule has 0 aliphatic carbocycles. The van der Waals surface area contributed by atoms with Crippen molar-refractivity contribution in [3.63, 3.8) is 0 Å². The molecule has 0 fully saturated rings. The van der Waals surface area contributed by atoms with E-state index in [1.165, 1.54) is 9.08 Å². The average molecular weight is 448 g/mol. The summed E-state index contributed by atoms with van der Waals surface area (Å²) in [5.41, 5.74) is 3.75. The van der Waals surface area contributed by atoms with Crippen molar-refractivity contribution in [2.24, 2.45) is 0 Å². The Labute approximate surface area is 187 Å². The molecule has 0 radical (unpaired) electrons. The van der Waals surface area contributed by atoms with E-state index in [0.717, 1.165) is 16.7 Å². The molecule has 160 valence electrons. The quantitative estimate of drug-likeness (QED) is 0.441. The number of nitrogens with zero attached hydrogens (tertiary/aromatic N) is 5. The lowest BCUT2D eigenvalue weighted by Crippen LogP contribution is -2.22. The van der Waals surface area contributed by atoms with Crippen LogP contribution >= 0.6 is 11.6 Å². The van der Waals surface area contributed by atoms with Gasteiger partial charge < -0.3 is 14.2 Å². The summed E-state index contributed by atoms with van der Waals surface area (Å²) >= 11 is 5.92. The van der Waals surface area contributed by atoms with Crippen LogP contribution in [-0.4, -0.2) is 29.4 Å². The third-order valence-electron chi connectivity index (χ3n) is 5.22. The van der Waals surface area contributed by atoms with E-state index in [1.807, 2.05) is 31.2 Å². The molecule has 0 aliphatic heterocycles. The Bertz CT molecular complexity index is 1470. The number of rotatable bonds is 5. The Hall–Kier alpha value is -3.75. The van der Waals surface area contributed by atoms with Gasteiger partial charge in [0.05, 0.1) is 12.3 Å². The molecule has 0 spiro atoms. The number of benzene rings is 2. The number of hydrogen-bond acceptors (Lipinski definition) is 6. The molecule has 2 aromatic carbocycles. The molecule has 32 heavy (non-hydrogen) atoms. The van der Waals surface area contributed by atoms with Crippen molar-refractivity contribution < 1.29 is 9.63 Å². The van der Waals surface area contributed by atoms with Crippen LogP contribution in [0.4, 0.5) is 0 Å². The Morgan fingerprint density at radius 3 is 2.47 bits per heavy atom. The third kappa shape index (κ3) is 3.59. The van der Waals surface area contributed by atoms with Crippen molar-refractivity contribution >= 4 is 17.1 Å². The first-order chi connectivity index (χ1) is 15.5. The summed E-state index contributed by atoms with van der Waals surface area (Å²) in [6.07, 6.45) is 3.28. The molecule has 0 unspecified atom stereocenters. The first-order valence-corrected chi connectivity index (χ1v) is 10.3. The van der Waals surface area contributed by atoms with Crippen molar-refractivity contribution in [2.75, 3.05) is 0 Å². The lowest BCUT2D eigenvalue weighted by atomic mass is 10.1. The van der Waals surface area contributed by atoms with Crippen LogP contribution in [0, 0.1) is 6.92 Å². The van der Waals surface area contributed by atoms with Crippen molar-refractivity contribution in [1.29, 1.82) is 0 Å². The van der Waals surface area contributed by atoms with Crippen molar-refractivity contribution in [1.82, 2.24) is 24.3 Å². The largest absolute Gasteiger partial charge is 0.392 e. The highest BCUT2D eigenvalue weighted by Gasteiger charge is 2.19. The topological polar surface area (TPSA) is 98.5 Å². The molecular formula is C23H18ClN5O3. The lowest BCUT2D eigenvalue weighted by Gasteiger charge is -2.03. The molecule has 9 heteroatoms. The van der Waals surface area contributed by atoms with Crippen LogP contribution in [0.15, 0.2) is 70.2 Å². The van der Waals surface area contributed by atoms with Crippen LogP contribution in [0.2, 0.25) is 5.02 Å². The van der Waals surface area contributed by atoms with Gasteiger partial charge in [0.2, 0.25) is 11.7 Å². The van der Waals surface area contributed by atoms with Crippen LogP contribution in [-0.2, 0) is 13.2 Å². The molecule has 0 bridgehead atoms. The molecule has 5 rings (SSSR count). The molecule has 0 amide bonds. The van der Waals surface area contributed by atoms with Crippen LogP contribution in [0.25, 0.3) is 28.2 Å². The lowest BCUT2D eigenvalue weighted by molar-refractivity contribution is 0.283. The van der Waals surface area contributed by atoms with E-state index in [9.17, 15) is 9.90 Å². The van der Waals surface area contributed by atoms with Gasteiger partial charge in [-0.05, 0) is 31.2 Å². The fourth-order valence-electron chi connectivity index (χ4n) is 3.55. The zero-order valence-corrected chi connectivity index (χ0v) is 17.8. The predicted molar refractivity (Wildman–Crippen MR) is 119 cm³/mol. The standard InChI is InChI=1S/C23H18ClN5O3/c1-14-2-4-15(5-3-14)20-18(13-30)21-23(31)28(10-11-29(21)26-20)12-19-25-22(27-32-19)16-6-8-17(24)9-7-16/h2-11,30H,12-13H2,1H3. The number of aryl methyl sites for hydroxylation is 1. The minimum atomic E-state index is -0.312. The van der Waals surface area contributed by atoms with Crippen LogP contribution in [0.5, 0.6) is 0 Å². The molecule has 8 nitrogen and oxygen atoms in total. The van der Waals surface area contributed by atoms with Gasteiger partial charge in [-0.2, -0.15) is 10.1 Å². The Kier molecular flexibility index (Phi) is 5.08. The van der Waals surface area contributed by atoms with Gasteiger partial charge in [-0.1, -0.05) is 46.6 Å². The maximum Gasteiger partial charge on any atom is 0.277 e. The summed E-state index contributed by atoms with van der Waals surface area (Å²) in [6.45, 7) is 1.77. The smallest absolute Gasteiger partial charge is 0.277 e. The number of hydrogen-bond donors (Lipinski definition) is 1. The van der Waals surface area contributed by atoms with E-state index in [-0.39, 0.29) is 24.6 Å². The van der Waals surface area contributed by atoms with Crippen molar-refractivity contribution in [2.45, 2.75) is 20.1 Å². The Morgan fingerprint density at radius 2 is 1.75 bits per heavy atom. The normalized spacial score (nSPS) is 11.3. The number of aromatic nitrogens is 5.